The van der Waals surface area contributed by atoms with Gasteiger partial charge in [0.1, 0.15) is 12.3 Å². The van der Waals surface area contributed by atoms with Gasteiger partial charge in [-0.15, -0.1) is 11.8 Å². The molecule has 146 valence electrons. The largest absolute Gasteiger partial charge is 0.491 e. The minimum Gasteiger partial charge on any atom is -0.491 e. The number of benzene rings is 2. The molecule has 2 aromatic carbocycles. The molecule has 0 saturated heterocycles. The third-order valence-electron chi connectivity index (χ3n) is 3.54. The predicted molar refractivity (Wildman–Crippen MR) is 111 cm³/mol. The topological polar surface area (TPSA) is 75.7 Å². The first-order valence-corrected chi connectivity index (χ1v) is 11.4. The monoisotopic (exact) mass is 408 g/mol. The normalized spacial score (nSPS) is 11.3. The van der Waals surface area contributed by atoms with Gasteiger partial charge in [-0.2, -0.15) is 0 Å². The van der Waals surface area contributed by atoms with Crippen LogP contribution in [0.3, 0.4) is 0 Å². The van der Waals surface area contributed by atoms with E-state index in [1.807, 2.05) is 26.2 Å². The number of carbonyl (C=O) groups is 1. The molecular weight excluding hydrogens is 384 g/mol. The Kier molecular flexibility index (Phi) is 7.15. The summed E-state index contributed by atoms with van der Waals surface area (Å²) in [6.45, 7) is 3.56. The zero-order chi connectivity index (χ0) is 20.0. The molecular formula is C19H24N2O4S2. The number of carbonyl (C=O) groups excluding carboxylic acids is 1. The van der Waals surface area contributed by atoms with Crippen molar-refractivity contribution in [1.82, 2.24) is 0 Å². The highest BCUT2D eigenvalue weighted by Gasteiger charge is 2.21. The lowest BCUT2D eigenvalue weighted by atomic mass is 10.3. The van der Waals surface area contributed by atoms with Crippen LogP contribution in [0.25, 0.3) is 0 Å². The smallest absolute Gasteiger partial charge is 0.245 e. The van der Waals surface area contributed by atoms with Crippen LogP contribution in [-0.4, -0.2) is 39.5 Å². The maximum atomic E-state index is 12.4. The van der Waals surface area contributed by atoms with E-state index in [0.29, 0.717) is 17.1 Å². The Labute approximate surface area is 165 Å². The Morgan fingerprint density at radius 3 is 2.41 bits per heavy atom. The first-order chi connectivity index (χ1) is 12.7. The summed E-state index contributed by atoms with van der Waals surface area (Å²) < 4.78 is 31.0. The Balaban J connectivity index is 2.12. The maximum Gasteiger partial charge on any atom is 0.245 e. The third-order valence-corrected chi connectivity index (χ3v) is 5.40. The summed E-state index contributed by atoms with van der Waals surface area (Å²) in [5.41, 5.74) is 1.03. The van der Waals surface area contributed by atoms with E-state index in [1.165, 1.54) is 11.8 Å². The van der Waals surface area contributed by atoms with Gasteiger partial charge in [0.2, 0.25) is 15.9 Å². The fourth-order valence-corrected chi connectivity index (χ4v) is 3.69. The molecule has 0 radical (unpaired) electrons. The van der Waals surface area contributed by atoms with E-state index < -0.39 is 15.9 Å². The molecule has 0 bridgehead atoms. The number of nitrogens with one attached hydrogen (secondary N) is 1. The number of thioether (sulfide) groups is 1. The van der Waals surface area contributed by atoms with Crippen LogP contribution >= 0.6 is 11.8 Å². The van der Waals surface area contributed by atoms with E-state index in [2.05, 4.69) is 5.32 Å². The van der Waals surface area contributed by atoms with Gasteiger partial charge in [-0.05, 0) is 62.6 Å². The quantitative estimate of drug-likeness (QED) is 0.676. The van der Waals surface area contributed by atoms with E-state index in [-0.39, 0.29) is 12.6 Å². The zero-order valence-electron chi connectivity index (χ0n) is 15.8. The van der Waals surface area contributed by atoms with Gasteiger partial charge in [0.25, 0.3) is 0 Å². The minimum atomic E-state index is -3.61. The van der Waals surface area contributed by atoms with Gasteiger partial charge in [-0.25, -0.2) is 8.42 Å². The van der Waals surface area contributed by atoms with Crippen LogP contribution in [0.15, 0.2) is 53.4 Å². The van der Waals surface area contributed by atoms with Crippen molar-refractivity contribution in [2.24, 2.45) is 0 Å². The van der Waals surface area contributed by atoms with Gasteiger partial charge in [-0.1, -0.05) is 6.07 Å². The minimum absolute atomic E-state index is 0.0609. The second-order valence-corrected chi connectivity index (χ2v) is 9.00. The number of ether oxygens (including phenoxy) is 1. The van der Waals surface area contributed by atoms with Gasteiger partial charge in [0.05, 0.1) is 18.0 Å². The van der Waals surface area contributed by atoms with E-state index in [4.69, 9.17) is 4.74 Å². The summed E-state index contributed by atoms with van der Waals surface area (Å²) in [6.07, 6.45) is 3.05. The van der Waals surface area contributed by atoms with Crippen molar-refractivity contribution in [3.05, 3.63) is 48.5 Å². The van der Waals surface area contributed by atoms with E-state index in [9.17, 15) is 13.2 Å². The predicted octanol–water partition coefficient (Wildman–Crippen LogP) is 3.60. The van der Waals surface area contributed by atoms with E-state index in [1.54, 1.807) is 42.5 Å². The molecule has 6 nitrogen and oxygen atoms in total. The summed E-state index contributed by atoms with van der Waals surface area (Å²) in [4.78, 5) is 13.3. The molecule has 2 rings (SSSR count). The number of nitrogens with zero attached hydrogens (tertiary/aromatic N) is 1. The number of rotatable bonds is 8. The number of amides is 1. The lowest BCUT2D eigenvalue weighted by molar-refractivity contribution is -0.114. The molecule has 1 N–H and O–H groups in total. The van der Waals surface area contributed by atoms with Crippen LogP contribution in [0.5, 0.6) is 5.75 Å². The Morgan fingerprint density at radius 2 is 1.85 bits per heavy atom. The van der Waals surface area contributed by atoms with Crippen LogP contribution in [0.4, 0.5) is 11.4 Å². The van der Waals surface area contributed by atoms with Crippen molar-refractivity contribution in [3.8, 4) is 5.75 Å². The highest BCUT2D eigenvalue weighted by atomic mass is 32.2. The van der Waals surface area contributed by atoms with Gasteiger partial charge in [0.15, 0.2) is 0 Å². The van der Waals surface area contributed by atoms with Gasteiger partial charge in [0, 0.05) is 10.6 Å². The first kappa shape index (κ1) is 21.1. The summed E-state index contributed by atoms with van der Waals surface area (Å²) in [5.74, 6) is 0.280. The van der Waals surface area contributed by atoms with Crippen LogP contribution in [0, 0.1) is 0 Å². The highest BCUT2D eigenvalue weighted by molar-refractivity contribution is 7.98. The molecule has 0 aliphatic rings. The number of hydrogen-bond acceptors (Lipinski definition) is 5. The molecule has 0 unspecified atom stereocenters. The Bertz CT molecular complexity index is 881. The number of hydrogen-bond donors (Lipinski definition) is 1. The molecule has 0 aliphatic carbocycles. The molecule has 0 heterocycles. The van der Waals surface area contributed by atoms with Crippen molar-refractivity contribution in [2.75, 3.05) is 28.7 Å². The first-order valence-electron chi connectivity index (χ1n) is 8.37. The Morgan fingerprint density at radius 1 is 1.19 bits per heavy atom. The molecule has 27 heavy (non-hydrogen) atoms. The SMILES string of the molecule is CSc1cccc(N(CC(=O)Nc2ccc(OC(C)C)cc2)S(C)(=O)=O)c1. The van der Waals surface area contributed by atoms with Crippen molar-refractivity contribution in [1.29, 1.82) is 0 Å². The maximum absolute atomic E-state index is 12.4. The van der Waals surface area contributed by atoms with Crippen LogP contribution < -0.4 is 14.4 Å². The molecule has 0 aromatic heterocycles. The van der Waals surface area contributed by atoms with Gasteiger partial charge >= 0.3 is 0 Å². The molecule has 0 fully saturated rings. The average Bonchev–Trinajstić information content (AvgIpc) is 2.60. The Hall–Kier alpha value is -2.19. The third kappa shape index (κ3) is 6.48. The zero-order valence-corrected chi connectivity index (χ0v) is 17.4. The molecule has 0 spiro atoms. The number of anilines is 2. The fraction of sp³-hybridized carbons (Fsp3) is 0.316. The number of sulfonamides is 1. The van der Waals surface area contributed by atoms with E-state index in [0.717, 1.165) is 15.5 Å². The lowest BCUT2D eigenvalue weighted by Gasteiger charge is -2.22. The average molecular weight is 409 g/mol. The molecule has 0 aliphatic heterocycles. The fourth-order valence-electron chi connectivity index (χ4n) is 2.39. The molecule has 1 amide bonds. The van der Waals surface area contributed by atoms with Crippen molar-refractivity contribution in [2.45, 2.75) is 24.8 Å². The summed E-state index contributed by atoms with van der Waals surface area (Å²) in [6, 6.07) is 14.0. The van der Waals surface area contributed by atoms with Gasteiger partial charge < -0.3 is 10.1 Å². The second kappa shape index (κ2) is 9.14. The summed E-state index contributed by atoms with van der Waals surface area (Å²) in [5, 5.41) is 2.72. The van der Waals surface area contributed by atoms with E-state index >= 15 is 0 Å². The lowest BCUT2D eigenvalue weighted by Crippen LogP contribution is -2.37. The van der Waals surface area contributed by atoms with Crippen LogP contribution in [0.2, 0.25) is 0 Å². The van der Waals surface area contributed by atoms with Gasteiger partial charge in [-0.3, -0.25) is 9.10 Å². The molecule has 8 heteroatoms. The molecule has 0 saturated carbocycles. The highest BCUT2D eigenvalue weighted by Crippen LogP contribution is 2.24. The van der Waals surface area contributed by atoms with Crippen molar-refractivity contribution >= 4 is 39.1 Å². The summed E-state index contributed by atoms with van der Waals surface area (Å²) >= 11 is 1.50. The van der Waals surface area contributed by atoms with Crippen molar-refractivity contribution < 1.29 is 17.9 Å². The van der Waals surface area contributed by atoms with Crippen LogP contribution in [-0.2, 0) is 14.8 Å². The standard InChI is InChI=1S/C19H24N2O4S2/c1-14(2)25-17-10-8-15(9-11-17)20-19(22)13-21(27(4,23)24)16-6-5-7-18(12-16)26-3/h5-12,14H,13H2,1-4H3,(H,20,22). The summed E-state index contributed by atoms with van der Waals surface area (Å²) in [7, 11) is -3.61. The van der Waals surface area contributed by atoms with Crippen LogP contribution in [0.1, 0.15) is 13.8 Å². The molecule has 0 atom stereocenters. The second-order valence-electron chi connectivity index (χ2n) is 6.21. The van der Waals surface area contributed by atoms with Crippen molar-refractivity contribution in [3.63, 3.8) is 0 Å². The molecule has 2 aromatic rings.